The predicted octanol–water partition coefficient (Wildman–Crippen LogP) is 4.65. The molecular weight excluding hydrogens is 299 g/mol. The van der Waals surface area contributed by atoms with Crippen LogP contribution in [0.3, 0.4) is 0 Å². The first kappa shape index (κ1) is 16.2. The van der Waals surface area contributed by atoms with Crippen molar-refractivity contribution in [2.24, 2.45) is 0 Å². The largest absolute Gasteiger partial charge is 0.446 e. The fraction of sp³-hybridized carbons (Fsp3) is 0.417. The van der Waals surface area contributed by atoms with E-state index >= 15 is 0 Å². The second-order valence-corrected chi connectivity index (χ2v) is 5.28. The number of nitrogens with one attached hydrogen (secondary N) is 1. The molecule has 1 aromatic rings. The summed E-state index contributed by atoms with van der Waals surface area (Å²) in [6.45, 7) is 0. The molecule has 19 heavy (non-hydrogen) atoms. The zero-order valence-corrected chi connectivity index (χ0v) is 11.5. The van der Waals surface area contributed by atoms with Crippen LogP contribution in [0.4, 0.5) is 18.9 Å². The molecule has 2 nitrogen and oxygen atoms in total. The maximum Gasteiger partial charge on any atom is 0.446 e. The van der Waals surface area contributed by atoms with Crippen molar-refractivity contribution in [1.29, 1.82) is 0 Å². The molecule has 0 saturated carbocycles. The normalized spacial score (nSPS) is 11.4. The quantitative estimate of drug-likeness (QED) is 0.471. The summed E-state index contributed by atoms with van der Waals surface area (Å²) in [5, 5.41) is 2.62. The minimum atomic E-state index is -4.30. The number of rotatable bonds is 6. The van der Waals surface area contributed by atoms with Crippen LogP contribution in [0, 0.1) is 0 Å². The van der Waals surface area contributed by atoms with Gasteiger partial charge >= 0.3 is 5.51 Å². The molecule has 0 aliphatic rings. The average molecular weight is 312 g/mol. The summed E-state index contributed by atoms with van der Waals surface area (Å²) < 4.78 is 36.3. The van der Waals surface area contributed by atoms with E-state index in [0.717, 1.165) is 6.42 Å². The standard InChI is InChI=1S/C12H13ClF3NOS/c13-8-2-1-3-11(18)17-9-4-6-10(7-5-9)19-12(14,15)16/h4-7H,1-3,8H2,(H,17,18). The lowest BCUT2D eigenvalue weighted by Gasteiger charge is -2.07. The molecule has 0 aromatic heterocycles. The van der Waals surface area contributed by atoms with Gasteiger partial charge < -0.3 is 5.32 Å². The Morgan fingerprint density at radius 2 is 1.84 bits per heavy atom. The zero-order chi connectivity index (χ0) is 14.3. The van der Waals surface area contributed by atoms with Gasteiger partial charge in [0.05, 0.1) is 0 Å². The Balaban J connectivity index is 2.46. The number of unbranched alkanes of at least 4 members (excludes halogenated alkanes) is 1. The van der Waals surface area contributed by atoms with Gasteiger partial charge in [0.25, 0.3) is 0 Å². The molecular formula is C12H13ClF3NOS. The van der Waals surface area contributed by atoms with Gasteiger partial charge in [-0.25, -0.2) is 0 Å². The smallest absolute Gasteiger partial charge is 0.326 e. The van der Waals surface area contributed by atoms with Crippen LogP contribution in [-0.4, -0.2) is 17.3 Å². The van der Waals surface area contributed by atoms with E-state index in [1.165, 1.54) is 24.3 Å². The van der Waals surface area contributed by atoms with Gasteiger partial charge in [0.1, 0.15) is 0 Å². The van der Waals surface area contributed by atoms with Crippen LogP contribution in [0.5, 0.6) is 0 Å². The number of amides is 1. The Kier molecular flexibility index (Phi) is 6.51. The molecule has 0 heterocycles. The molecule has 1 aromatic carbocycles. The SMILES string of the molecule is O=C(CCCCCl)Nc1ccc(SC(F)(F)F)cc1. The van der Waals surface area contributed by atoms with Gasteiger partial charge in [-0.3, -0.25) is 4.79 Å². The zero-order valence-electron chi connectivity index (χ0n) is 9.97. The molecule has 0 aliphatic heterocycles. The highest BCUT2D eigenvalue weighted by atomic mass is 35.5. The first-order valence-electron chi connectivity index (χ1n) is 5.62. The summed E-state index contributed by atoms with van der Waals surface area (Å²) in [4.78, 5) is 11.6. The lowest BCUT2D eigenvalue weighted by molar-refractivity contribution is -0.116. The summed E-state index contributed by atoms with van der Waals surface area (Å²) in [6.07, 6.45) is 1.80. The molecule has 0 bridgehead atoms. The first-order valence-corrected chi connectivity index (χ1v) is 6.97. The van der Waals surface area contributed by atoms with Gasteiger partial charge in [-0.1, -0.05) is 0 Å². The summed E-state index contributed by atoms with van der Waals surface area (Å²) in [7, 11) is 0. The third kappa shape index (κ3) is 7.32. The molecule has 0 fully saturated rings. The van der Waals surface area contributed by atoms with Gasteiger partial charge in [0.15, 0.2) is 0 Å². The Labute approximate surface area is 118 Å². The Hall–Kier alpha value is -0.880. The highest BCUT2D eigenvalue weighted by molar-refractivity contribution is 8.00. The van der Waals surface area contributed by atoms with E-state index < -0.39 is 5.51 Å². The van der Waals surface area contributed by atoms with Crippen molar-refractivity contribution < 1.29 is 18.0 Å². The number of carbonyl (C=O) groups is 1. The molecule has 0 aliphatic carbocycles. The van der Waals surface area contributed by atoms with Crippen LogP contribution in [0.1, 0.15) is 19.3 Å². The average Bonchev–Trinajstić information content (AvgIpc) is 2.30. The molecule has 1 rings (SSSR count). The van der Waals surface area contributed by atoms with Crippen molar-refractivity contribution >= 4 is 35.0 Å². The molecule has 1 N–H and O–H groups in total. The number of benzene rings is 1. The number of thioether (sulfide) groups is 1. The highest BCUT2D eigenvalue weighted by Gasteiger charge is 2.28. The lowest BCUT2D eigenvalue weighted by Crippen LogP contribution is -2.11. The van der Waals surface area contributed by atoms with E-state index in [0.29, 0.717) is 24.4 Å². The maximum absolute atomic E-state index is 12.1. The number of anilines is 1. The summed E-state index contributed by atoms with van der Waals surface area (Å²) in [5.41, 5.74) is -3.81. The topological polar surface area (TPSA) is 29.1 Å². The molecule has 7 heteroatoms. The van der Waals surface area contributed by atoms with E-state index in [9.17, 15) is 18.0 Å². The van der Waals surface area contributed by atoms with E-state index in [-0.39, 0.29) is 22.6 Å². The molecule has 0 unspecified atom stereocenters. The van der Waals surface area contributed by atoms with Crippen LogP contribution in [0.25, 0.3) is 0 Å². The third-order valence-corrected chi connectivity index (χ3v) is 3.17. The van der Waals surface area contributed by atoms with Crippen LogP contribution >= 0.6 is 23.4 Å². The molecule has 106 valence electrons. The molecule has 0 radical (unpaired) electrons. The number of hydrogen-bond acceptors (Lipinski definition) is 2. The van der Waals surface area contributed by atoms with Crippen molar-refractivity contribution in [3.63, 3.8) is 0 Å². The number of hydrogen-bond donors (Lipinski definition) is 1. The lowest BCUT2D eigenvalue weighted by atomic mass is 10.2. The Morgan fingerprint density at radius 1 is 1.21 bits per heavy atom. The Morgan fingerprint density at radius 3 is 2.37 bits per heavy atom. The fourth-order valence-electron chi connectivity index (χ4n) is 1.34. The minimum Gasteiger partial charge on any atom is -0.326 e. The fourth-order valence-corrected chi connectivity index (χ4v) is 2.07. The van der Waals surface area contributed by atoms with E-state index in [2.05, 4.69) is 5.32 Å². The van der Waals surface area contributed by atoms with Crippen LogP contribution in [0.15, 0.2) is 29.2 Å². The van der Waals surface area contributed by atoms with Gasteiger partial charge in [0, 0.05) is 22.9 Å². The monoisotopic (exact) mass is 311 g/mol. The summed E-state index contributed by atoms with van der Waals surface area (Å²) in [5.74, 6) is 0.345. The summed E-state index contributed by atoms with van der Waals surface area (Å²) in [6, 6.07) is 5.56. The van der Waals surface area contributed by atoms with Crippen molar-refractivity contribution in [2.75, 3.05) is 11.2 Å². The van der Waals surface area contributed by atoms with E-state index in [1.54, 1.807) is 0 Å². The van der Waals surface area contributed by atoms with Crippen molar-refractivity contribution in [1.82, 2.24) is 0 Å². The van der Waals surface area contributed by atoms with Gasteiger partial charge in [-0.05, 0) is 48.9 Å². The van der Waals surface area contributed by atoms with Crippen LogP contribution in [-0.2, 0) is 4.79 Å². The molecule has 0 saturated heterocycles. The summed E-state index contributed by atoms with van der Waals surface area (Å²) >= 11 is 5.31. The second-order valence-electron chi connectivity index (χ2n) is 3.77. The minimum absolute atomic E-state index is 0.0904. The van der Waals surface area contributed by atoms with Crippen LogP contribution < -0.4 is 5.32 Å². The molecule has 1 amide bonds. The first-order chi connectivity index (χ1) is 8.90. The van der Waals surface area contributed by atoms with Gasteiger partial charge in [-0.2, -0.15) is 13.2 Å². The maximum atomic E-state index is 12.1. The Bertz CT molecular complexity index is 408. The number of halogens is 4. The second kappa shape index (κ2) is 7.65. The third-order valence-electron chi connectivity index (χ3n) is 2.16. The van der Waals surface area contributed by atoms with Crippen LogP contribution in [0.2, 0.25) is 0 Å². The van der Waals surface area contributed by atoms with Crippen molar-refractivity contribution in [3.8, 4) is 0 Å². The van der Waals surface area contributed by atoms with Crippen molar-refractivity contribution in [3.05, 3.63) is 24.3 Å². The van der Waals surface area contributed by atoms with E-state index in [1.807, 2.05) is 0 Å². The van der Waals surface area contributed by atoms with Gasteiger partial charge in [0.2, 0.25) is 5.91 Å². The molecule has 0 atom stereocenters. The highest BCUT2D eigenvalue weighted by Crippen LogP contribution is 2.36. The number of carbonyl (C=O) groups excluding carboxylic acids is 1. The predicted molar refractivity (Wildman–Crippen MR) is 71.6 cm³/mol. The van der Waals surface area contributed by atoms with Crippen molar-refractivity contribution in [2.45, 2.75) is 29.7 Å². The van der Waals surface area contributed by atoms with Gasteiger partial charge in [-0.15, -0.1) is 11.6 Å². The molecule has 0 spiro atoms. The van der Waals surface area contributed by atoms with E-state index in [4.69, 9.17) is 11.6 Å². The number of alkyl halides is 4.